The van der Waals surface area contributed by atoms with Crippen LogP contribution in [0.5, 0.6) is 0 Å². The maximum absolute atomic E-state index is 12.5. The summed E-state index contributed by atoms with van der Waals surface area (Å²) in [5.41, 5.74) is 7.13. The number of rotatable bonds is 2. The number of fused-ring (bicyclic) bond motifs is 1. The average molecular weight is 345 g/mol. The lowest BCUT2D eigenvalue weighted by Crippen LogP contribution is -2.31. The van der Waals surface area contributed by atoms with Crippen LogP contribution < -0.4 is 5.73 Å². The lowest BCUT2D eigenvalue weighted by molar-refractivity contribution is 0.0796. The number of hydrogen-bond acceptors (Lipinski definition) is 3. The predicted octanol–water partition coefficient (Wildman–Crippen LogP) is 3.71. The lowest BCUT2D eigenvalue weighted by Gasteiger charge is -2.14. The van der Waals surface area contributed by atoms with Gasteiger partial charge in [-0.15, -0.1) is 23.7 Å². The van der Waals surface area contributed by atoms with Gasteiger partial charge >= 0.3 is 0 Å². The molecule has 3 nitrogen and oxygen atoms in total. The minimum absolute atomic E-state index is 0. The Morgan fingerprint density at radius 3 is 2.90 bits per heavy atom. The molecule has 1 saturated heterocycles. The van der Waals surface area contributed by atoms with Crippen LogP contribution in [0.25, 0.3) is 10.1 Å². The predicted molar refractivity (Wildman–Crippen MR) is 92.0 cm³/mol. The molecular formula is C15H18Cl2N2OS. The van der Waals surface area contributed by atoms with Crippen LogP contribution in [0, 0.1) is 0 Å². The van der Waals surface area contributed by atoms with Crippen LogP contribution in [0.2, 0.25) is 5.02 Å². The summed E-state index contributed by atoms with van der Waals surface area (Å²) >= 11 is 7.88. The first-order valence-electron chi connectivity index (χ1n) is 6.86. The number of aryl methyl sites for hydroxylation is 1. The number of nitrogens with zero attached hydrogens (tertiary/aromatic N) is 1. The number of amides is 1. The number of thiophene rings is 1. The van der Waals surface area contributed by atoms with Crippen LogP contribution >= 0.6 is 35.3 Å². The van der Waals surface area contributed by atoms with Crippen molar-refractivity contribution in [1.29, 1.82) is 0 Å². The van der Waals surface area contributed by atoms with E-state index in [0.717, 1.165) is 29.5 Å². The van der Waals surface area contributed by atoms with E-state index in [9.17, 15) is 4.79 Å². The molecule has 21 heavy (non-hydrogen) atoms. The number of likely N-dealkylation sites (tertiary alicyclic amines) is 1. The second kappa shape index (κ2) is 6.53. The molecule has 1 fully saturated rings. The van der Waals surface area contributed by atoms with Crippen LogP contribution in [-0.2, 0) is 6.42 Å². The summed E-state index contributed by atoms with van der Waals surface area (Å²) in [4.78, 5) is 15.0. The fourth-order valence-electron chi connectivity index (χ4n) is 2.58. The van der Waals surface area contributed by atoms with E-state index in [1.165, 1.54) is 16.9 Å². The van der Waals surface area contributed by atoms with E-state index >= 15 is 0 Å². The minimum atomic E-state index is 0. The van der Waals surface area contributed by atoms with Crippen LogP contribution in [0.3, 0.4) is 0 Å². The van der Waals surface area contributed by atoms with Crippen LogP contribution in [0.1, 0.15) is 28.6 Å². The number of halogens is 2. The molecule has 114 valence electrons. The molecule has 2 N–H and O–H groups in total. The first-order valence-corrected chi connectivity index (χ1v) is 8.05. The molecule has 0 bridgehead atoms. The summed E-state index contributed by atoms with van der Waals surface area (Å²) in [6, 6.07) is 6.30. The van der Waals surface area contributed by atoms with Gasteiger partial charge < -0.3 is 10.6 Å². The molecule has 1 aromatic carbocycles. The zero-order valence-electron chi connectivity index (χ0n) is 11.8. The quantitative estimate of drug-likeness (QED) is 0.902. The van der Waals surface area contributed by atoms with Gasteiger partial charge in [0.25, 0.3) is 5.91 Å². The van der Waals surface area contributed by atoms with Gasteiger partial charge in [0.05, 0.1) is 5.02 Å². The number of carbonyl (C=O) groups is 1. The molecule has 1 aliphatic heterocycles. The Morgan fingerprint density at radius 2 is 2.29 bits per heavy atom. The van der Waals surface area contributed by atoms with Gasteiger partial charge in [0.2, 0.25) is 0 Å². The van der Waals surface area contributed by atoms with Gasteiger partial charge in [0.1, 0.15) is 4.88 Å². The largest absolute Gasteiger partial charge is 0.336 e. The standard InChI is InChI=1S/C15H17ClN2OS.ClH/c1-2-9-3-4-11-12(7-9)20-14(13(11)16)15(19)18-6-5-10(17)8-18;/h3-4,7,10H,2,5-6,8,17H2,1H3;1H. The van der Waals surface area contributed by atoms with Gasteiger partial charge in [0, 0.05) is 29.2 Å². The van der Waals surface area contributed by atoms with Crippen molar-refractivity contribution in [1.82, 2.24) is 4.90 Å². The Hall–Kier alpha value is -0.810. The van der Waals surface area contributed by atoms with Gasteiger partial charge in [-0.3, -0.25) is 4.79 Å². The zero-order valence-corrected chi connectivity index (χ0v) is 14.2. The van der Waals surface area contributed by atoms with Crippen molar-refractivity contribution in [3.63, 3.8) is 0 Å². The second-order valence-corrected chi connectivity index (χ2v) is 6.66. The number of hydrogen-bond donors (Lipinski definition) is 1. The molecular weight excluding hydrogens is 327 g/mol. The molecule has 0 saturated carbocycles. The van der Waals surface area contributed by atoms with Gasteiger partial charge in [0.15, 0.2) is 0 Å². The van der Waals surface area contributed by atoms with Crippen molar-refractivity contribution in [2.75, 3.05) is 13.1 Å². The second-order valence-electron chi connectivity index (χ2n) is 5.23. The molecule has 0 aliphatic carbocycles. The molecule has 2 heterocycles. The van der Waals surface area contributed by atoms with Crippen LogP contribution in [-0.4, -0.2) is 29.9 Å². The normalized spacial score (nSPS) is 18.0. The Labute approximate surface area is 139 Å². The van der Waals surface area contributed by atoms with Gasteiger partial charge in [-0.1, -0.05) is 30.7 Å². The molecule has 1 aliphatic rings. The fourth-order valence-corrected chi connectivity index (χ4v) is 4.13. The Morgan fingerprint density at radius 1 is 1.52 bits per heavy atom. The van der Waals surface area contributed by atoms with E-state index < -0.39 is 0 Å². The number of nitrogens with two attached hydrogens (primary N) is 1. The third-order valence-corrected chi connectivity index (χ3v) is 5.45. The van der Waals surface area contributed by atoms with Crippen molar-refractivity contribution in [3.05, 3.63) is 33.7 Å². The summed E-state index contributed by atoms with van der Waals surface area (Å²) in [7, 11) is 0. The van der Waals surface area contributed by atoms with E-state index in [2.05, 4.69) is 19.1 Å². The smallest absolute Gasteiger partial charge is 0.265 e. The Kier molecular flexibility index (Phi) is 5.15. The van der Waals surface area contributed by atoms with Crippen molar-refractivity contribution < 1.29 is 4.79 Å². The molecule has 1 amide bonds. The maximum atomic E-state index is 12.5. The zero-order chi connectivity index (χ0) is 14.3. The van der Waals surface area contributed by atoms with E-state index in [4.69, 9.17) is 17.3 Å². The molecule has 1 aromatic heterocycles. The molecule has 1 unspecified atom stereocenters. The highest BCUT2D eigenvalue weighted by molar-refractivity contribution is 7.21. The van der Waals surface area contributed by atoms with Crippen molar-refractivity contribution in [3.8, 4) is 0 Å². The number of benzene rings is 1. The van der Waals surface area contributed by atoms with Crippen molar-refractivity contribution in [2.45, 2.75) is 25.8 Å². The summed E-state index contributed by atoms with van der Waals surface area (Å²) in [5.74, 6) is 0.0159. The first kappa shape index (κ1) is 16.6. The van der Waals surface area contributed by atoms with E-state index in [1.807, 2.05) is 11.0 Å². The van der Waals surface area contributed by atoms with Crippen molar-refractivity contribution in [2.24, 2.45) is 5.73 Å². The molecule has 0 spiro atoms. The Bertz CT molecular complexity index is 671. The third kappa shape index (κ3) is 3.04. The van der Waals surface area contributed by atoms with Crippen molar-refractivity contribution >= 4 is 51.3 Å². The van der Waals surface area contributed by atoms with E-state index in [-0.39, 0.29) is 24.4 Å². The number of carbonyl (C=O) groups excluding carboxylic acids is 1. The van der Waals surface area contributed by atoms with Crippen LogP contribution in [0.15, 0.2) is 18.2 Å². The fraction of sp³-hybridized carbons (Fsp3) is 0.400. The van der Waals surface area contributed by atoms with Gasteiger partial charge in [-0.25, -0.2) is 0 Å². The molecule has 6 heteroatoms. The molecule has 2 aromatic rings. The summed E-state index contributed by atoms with van der Waals surface area (Å²) in [6.07, 6.45) is 1.85. The highest BCUT2D eigenvalue weighted by atomic mass is 35.5. The SMILES string of the molecule is CCc1ccc2c(Cl)c(C(=O)N3CCC(N)C3)sc2c1.Cl. The molecule has 1 atom stereocenters. The van der Waals surface area contributed by atoms with Gasteiger partial charge in [-0.05, 0) is 24.5 Å². The lowest BCUT2D eigenvalue weighted by atomic mass is 10.1. The Balaban J connectivity index is 0.00000161. The van der Waals surface area contributed by atoms with E-state index in [1.54, 1.807) is 0 Å². The molecule has 3 rings (SSSR count). The topological polar surface area (TPSA) is 46.3 Å². The summed E-state index contributed by atoms with van der Waals surface area (Å²) in [6.45, 7) is 3.47. The maximum Gasteiger partial charge on any atom is 0.265 e. The first-order chi connectivity index (χ1) is 9.60. The average Bonchev–Trinajstić information content (AvgIpc) is 3.02. The third-order valence-electron chi connectivity index (χ3n) is 3.81. The van der Waals surface area contributed by atoms with Gasteiger partial charge in [-0.2, -0.15) is 0 Å². The van der Waals surface area contributed by atoms with E-state index in [0.29, 0.717) is 16.4 Å². The highest BCUT2D eigenvalue weighted by Gasteiger charge is 2.27. The highest BCUT2D eigenvalue weighted by Crippen LogP contribution is 2.37. The summed E-state index contributed by atoms with van der Waals surface area (Å²) in [5, 5.41) is 1.55. The van der Waals surface area contributed by atoms with Crippen LogP contribution in [0.4, 0.5) is 0 Å². The monoisotopic (exact) mass is 344 g/mol. The molecule has 0 radical (unpaired) electrons. The summed E-state index contributed by atoms with van der Waals surface area (Å²) < 4.78 is 1.08. The minimum Gasteiger partial charge on any atom is -0.336 e.